The highest BCUT2D eigenvalue weighted by molar-refractivity contribution is 5.93. The molecule has 3 aromatic rings. The smallest absolute Gasteiger partial charge is 0.274 e. The zero-order chi connectivity index (χ0) is 17.7. The third kappa shape index (κ3) is 2.69. The molecule has 4 rings (SSSR count). The summed E-state index contributed by atoms with van der Waals surface area (Å²) in [5.74, 6) is 1.30. The number of amides is 1. The minimum Gasteiger partial charge on any atom is -0.337 e. The lowest BCUT2D eigenvalue weighted by molar-refractivity contribution is 0.0784. The lowest BCUT2D eigenvalue weighted by Gasteiger charge is -2.15. The van der Waals surface area contributed by atoms with Crippen LogP contribution in [-0.4, -0.2) is 48.0 Å². The van der Waals surface area contributed by atoms with Crippen LogP contribution in [-0.2, 0) is 7.05 Å². The molecular weight excluding hydrogens is 316 g/mol. The number of nitrogens with zero attached hydrogens (tertiary/aromatic N) is 6. The SMILES string of the molecule is Cc1cn(C)c([C@@H]2CCN(C(=O)c3cc4nc(C)cc(C)n4n3)C2)n1. The van der Waals surface area contributed by atoms with Crippen LogP contribution < -0.4 is 0 Å². The number of aromatic nitrogens is 5. The summed E-state index contributed by atoms with van der Waals surface area (Å²) < 4.78 is 3.80. The predicted molar refractivity (Wildman–Crippen MR) is 93.7 cm³/mol. The summed E-state index contributed by atoms with van der Waals surface area (Å²) >= 11 is 0. The van der Waals surface area contributed by atoms with Crippen LogP contribution in [0.25, 0.3) is 5.65 Å². The Bertz CT molecular complexity index is 970. The van der Waals surface area contributed by atoms with Gasteiger partial charge in [0.2, 0.25) is 0 Å². The zero-order valence-corrected chi connectivity index (χ0v) is 15.0. The molecule has 0 radical (unpaired) electrons. The Kier molecular flexibility index (Phi) is 3.59. The highest BCUT2D eigenvalue weighted by Crippen LogP contribution is 2.27. The van der Waals surface area contributed by atoms with E-state index in [2.05, 4.69) is 19.6 Å². The molecule has 0 aliphatic carbocycles. The molecule has 1 fully saturated rings. The first-order valence-electron chi connectivity index (χ1n) is 8.55. The molecule has 0 spiro atoms. The molecule has 1 amide bonds. The molecule has 0 bridgehead atoms. The van der Waals surface area contributed by atoms with Crippen LogP contribution >= 0.6 is 0 Å². The third-order valence-electron chi connectivity index (χ3n) is 4.83. The van der Waals surface area contributed by atoms with Gasteiger partial charge in [-0.2, -0.15) is 5.10 Å². The minimum absolute atomic E-state index is 0.0315. The van der Waals surface area contributed by atoms with Crippen LogP contribution in [0, 0.1) is 20.8 Å². The maximum atomic E-state index is 12.9. The molecule has 0 saturated carbocycles. The fourth-order valence-corrected chi connectivity index (χ4v) is 3.72. The van der Waals surface area contributed by atoms with E-state index >= 15 is 0 Å². The van der Waals surface area contributed by atoms with Gasteiger partial charge in [-0.25, -0.2) is 14.5 Å². The van der Waals surface area contributed by atoms with Gasteiger partial charge in [0.15, 0.2) is 11.3 Å². The van der Waals surface area contributed by atoms with Gasteiger partial charge in [-0.1, -0.05) is 0 Å². The lowest BCUT2D eigenvalue weighted by atomic mass is 10.1. The number of carbonyl (C=O) groups is 1. The maximum Gasteiger partial charge on any atom is 0.274 e. The van der Waals surface area contributed by atoms with Gasteiger partial charge in [-0.15, -0.1) is 0 Å². The first kappa shape index (κ1) is 15.8. The van der Waals surface area contributed by atoms with Gasteiger partial charge in [0.1, 0.15) is 5.82 Å². The number of fused-ring (bicyclic) bond motifs is 1. The fraction of sp³-hybridized carbons (Fsp3) is 0.444. The molecule has 1 aliphatic rings. The van der Waals surface area contributed by atoms with Crippen LogP contribution in [0.2, 0.25) is 0 Å². The molecule has 4 heterocycles. The monoisotopic (exact) mass is 338 g/mol. The van der Waals surface area contributed by atoms with Gasteiger partial charge in [0.25, 0.3) is 5.91 Å². The maximum absolute atomic E-state index is 12.9. The summed E-state index contributed by atoms with van der Waals surface area (Å²) in [4.78, 5) is 23.8. The molecule has 7 nitrogen and oxygen atoms in total. The topological polar surface area (TPSA) is 68.3 Å². The zero-order valence-electron chi connectivity index (χ0n) is 15.0. The largest absolute Gasteiger partial charge is 0.337 e. The molecule has 3 aromatic heterocycles. The van der Waals surface area contributed by atoms with Gasteiger partial charge < -0.3 is 9.47 Å². The molecule has 130 valence electrons. The quantitative estimate of drug-likeness (QED) is 0.717. The molecule has 7 heteroatoms. The molecule has 25 heavy (non-hydrogen) atoms. The van der Waals surface area contributed by atoms with E-state index in [1.165, 1.54) is 0 Å². The normalized spacial score (nSPS) is 17.6. The number of imidazole rings is 1. The Hall–Kier alpha value is -2.70. The van der Waals surface area contributed by atoms with Crippen LogP contribution in [0.3, 0.4) is 0 Å². The van der Waals surface area contributed by atoms with E-state index in [9.17, 15) is 4.79 Å². The van der Waals surface area contributed by atoms with Gasteiger partial charge in [0, 0.05) is 49.7 Å². The van der Waals surface area contributed by atoms with Crippen LogP contribution in [0.1, 0.15) is 45.7 Å². The van der Waals surface area contributed by atoms with Crippen molar-refractivity contribution in [2.75, 3.05) is 13.1 Å². The van der Waals surface area contributed by atoms with E-state index in [1.807, 2.05) is 45.0 Å². The molecule has 0 unspecified atom stereocenters. The first-order valence-corrected chi connectivity index (χ1v) is 8.55. The van der Waals surface area contributed by atoms with E-state index in [4.69, 9.17) is 0 Å². The summed E-state index contributed by atoms with van der Waals surface area (Å²) in [5, 5.41) is 4.46. The second-order valence-electron chi connectivity index (χ2n) is 6.93. The van der Waals surface area contributed by atoms with Crippen molar-refractivity contribution in [3.8, 4) is 0 Å². The molecule has 0 aromatic carbocycles. The molecule has 0 N–H and O–H groups in total. The van der Waals surface area contributed by atoms with Gasteiger partial charge >= 0.3 is 0 Å². The van der Waals surface area contributed by atoms with Crippen LogP contribution in [0.15, 0.2) is 18.3 Å². The number of aryl methyl sites for hydroxylation is 4. The summed E-state index contributed by atoms with van der Waals surface area (Å²) in [5.41, 5.74) is 4.09. The van der Waals surface area contributed by atoms with E-state index in [0.717, 1.165) is 41.5 Å². The number of rotatable bonds is 2. The Morgan fingerprint density at radius 3 is 2.68 bits per heavy atom. The average molecular weight is 338 g/mol. The Morgan fingerprint density at radius 1 is 1.16 bits per heavy atom. The van der Waals surface area contributed by atoms with Crippen molar-refractivity contribution in [1.82, 2.24) is 29.0 Å². The standard InChI is InChI=1S/C18H22N6O/c1-11-7-13(3)24-16(19-11)8-15(21-24)18(25)23-6-5-14(10-23)17-20-12(2)9-22(17)4/h7-9,14H,5-6,10H2,1-4H3/t14-/m1/s1. The van der Waals surface area contributed by atoms with Gasteiger partial charge in [-0.3, -0.25) is 4.79 Å². The van der Waals surface area contributed by atoms with E-state index in [0.29, 0.717) is 12.2 Å². The van der Waals surface area contributed by atoms with Crippen molar-refractivity contribution < 1.29 is 4.79 Å². The average Bonchev–Trinajstić information content (AvgIpc) is 3.24. The third-order valence-corrected chi connectivity index (χ3v) is 4.83. The molecule has 1 saturated heterocycles. The summed E-state index contributed by atoms with van der Waals surface area (Å²) in [6, 6.07) is 3.74. The number of hydrogen-bond donors (Lipinski definition) is 0. The van der Waals surface area contributed by atoms with E-state index in [1.54, 1.807) is 10.6 Å². The van der Waals surface area contributed by atoms with Gasteiger partial charge in [-0.05, 0) is 33.3 Å². The lowest BCUT2D eigenvalue weighted by Crippen LogP contribution is -2.29. The van der Waals surface area contributed by atoms with Gasteiger partial charge in [0.05, 0.1) is 5.69 Å². The molecular formula is C18H22N6O. The predicted octanol–water partition coefficient (Wildman–Crippen LogP) is 2.02. The number of carbonyl (C=O) groups excluding carboxylic acids is 1. The van der Waals surface area contributed by atoms with Crippen molar-refractivity contribution in [3.05, 3.63) is 46.9 Å². The van der Waals surface area contributed by atoms with Crippen LogP contribution in [0.4, 0.5) is 0 Å². The first-order chi connectivity index (χ1) is 11.9. The molecule has 1 atom stereocenters. The number of likely N-dealkylation sites (tertiary alicyclic amines) is 1. The Balaban J connectivity index is 1.58. The molecule has 1 aliphatic heterocycles. The summed E-state index contributed by atoms with van der Waals surface area (Å²) in [7, 11) is 2.01. The highest BCUT2D eigenvalue weighted by atomic mass is 16.2. The van der Waals surface area contributed by atoms with Crippen molar-refractivity contribution >= 4 is 11.6 Å². The second kappa shape index (κ2) is 5.68. The fourth-order valence-electron chi connectivity index (χ4n) is 3.72. The second-order valence-corrected chi connectivity index (χ2v) is 6.93. The van der Waals surface area contributed by atoms with Crippen LogP contribution in [0.5, 0.6) is 0 Å². The minimum atomic E-state index is -0.0315. The summed E-state index contributed by atoms with van der Waals surface area (Å²) in [6.45, 7) is 7.33. The Labute approximate surface area is 146 Å². The van der Waals surface area contributed by atoms with Crippen molar-refractivity contribution in [3.63, 3.8) is 0 Å². The van der Waals surface area contributed by atoms with Crippen molar-refractivity contribution in [2.24, 2.45) is 7.05 Å². The van der Waals surface area contributed by atoms with E-state index < -0.39 is 0 Å². The highest BCUT2D eigenvalue weighted by Gasteiger charge is 2.31. The van der Waals surface area contributed by atoms with Crippen molar-refractivity contribution in [1.29, 1.82) is 0 Å². The van der Waals surface area contributed by atoms with E-state index in [-0.39, 0.29) is 11.8 Å². The van der Waals surface area contributed by atoms with Crippen molar-refractivity contribution in [2.45, 2.75) is 33.1 Å². The Morgan fingerprint density at radius 2 is 1.96 bits per heavy atom. The summed E-state index contributed by atoms with van der Waals surface area (Å²) in [6.07, 6.45) is 2.96. The number of hydrogen-bond acceptors (Lipinski definition) is 4.